The van der Waals surface area contributed by atoms with Gasteiger partial charge in [0.2, 0.25) is 0 Å². The summed E-state index contributed by atoms with van der Waals surface area (Å²) in [6.45, 7) is 2.85. The second kappa shape index (κ2) is 5.87. The Hall–Kier alpha value is -0.540. The maximum absolute atomic E-state index is 12.5. The summed E-state index contributed by atoms with van der Waals surface area (Å²) in [7, 11) is 0. The van der Waals surface area contributed by atoms with Crippen LogP contribution in [0.4, 0.5) is 0 Å². The number of carbonyl (C=O) groups excluding carboxylic acids is 1. The van der Waals surface area contributed by atoms with Crippen molar-refractivity contribution >= 4 is 28.8 Å². The number of likely N-dealkylation sites (tertiary alicyclic amines) is 1. The number of thiophene rings is 1. The summed E-state index contributed by atoms with van der Waals surface area (Å²) in [5.74, 6) is 0.714. The minimum atomic E-state index is 0.163. The van der Waals surface area contributed by atoms with Crippen LogP contribution in [0.1, 0.15) is 41.6 Å². The van der Waals surface area contributed by atoms with E-state index in [1.54, 1.807) is 11.3 Å². The Morgan fingerprint density at radius 2 is 2.29 bits per heavy atom. The van der Waals surface area contributed by atoms with Gasteiger partial charge in [-0.25, -0.2) is 0 Å². The summed E-state index contributed by atoms with van der Waals surface area (Å²) in [4.78, 5) is 14.5. The predicted molar refractivity (Wildman–Crippen MR) is 73.1 cm³/mol. The summed E-state index contributed by atoms with van der Waals surface area (Å²) in [5.41, 5.74) is 1.93. The van der Waals surface area contributed by atoms with E-state index in [0.717, 1.165) is 30.5 Å². The zero-order valence-electron chi connectivity index (χ0n) is 10.1. The first-order valence-corrected chi connectivity index (χ1v) is 7.61. The van der Waals surface area contributed by atoms with Crippen LogP contribution in [0.5, 0.6) is 0 Å². The average Bonchev–Trinajstić information content (AvgIpc) is 2.64. The smallest absolute Gasteiger partial charge is 0.255 e. The molecule has 1 aliphatic heterocycles. The molecule has 1 unspecified atom stereocenters. The SMILES string of the molecule is Cc1cscc1C(=O)N1CCCCCC1CCl. The van der Waals surface area contributed by atoms with Crippen LogP contribution in [0.25, 0.3) is 0 Å². The highest BCUT2D eigenvalue weighted by Gasteiger charge is 2.26. The molecule has 2 rings (SSSR count). The van der Waals surface area contributed by atoms with Crippen LogP contribution in [0.15, 0.2) is 10.8 Å². The van der Waals surface area contributed by atoms with E-state index in [0.29, 0.717) is 5.88 Å². The Morgan fingerprint density at radius 3 is 2.94 bits per heavy atom. The minimum absolute atomic E-state index is 0.163. The van der Waals surface area contributed by atoms with E-state index < -0.39 is 0 Å². The molecule has 1 fully saturated rings. The van der Waals surface area contributed by atoms with Gasteiger partial charge >= 0.3 is 0 Å². The molecule has 94 valence electrons. The number of halogens is 1. The van der Waals surface area contributed by atoms with Crippen LogP contribution in [0, 0.1) is 6.92 Å². The molecule has 0 aliphatic carbocycles. The zero-order valence-corrected chi connectivity index (χ0v) is 11.7. The molecular formula is C13H18ClNOS. The van der Waals surface area contributed by atoms with Crippen molar-refractivity contribution < 1.29 is 4.79 Å². The number of nitrogens with zero attached hydrogens (tertiary/aromatic N) is 1. The molecule has 2 heterocycles. The van der Waals surface area contributed by atoms with Crippen molar-refractivity contribution in [3.63, 3.8) is 0 Å². The molecule has 17 heavy (non-hydrogen) atoms. The fourth-order valence-corrected chi connectivity index (χ4v) is 3.48. The molecule has 0 aromatic carbocycles. The molecule has 1 atom stereocenters. The largest absolute Gasteiger partial charge is 0.334 e. The topological polar surface area (TPSA) is 20.3 Å². The van der Waals surface area contributed by atoms with E-state index in [1.807, 2.05) is 22.6 Å². The van der Waals surface area contributed by atoms with Gasteiger partial charge in [-0.05, 0) is 30.7 Å². The van der Waals surface area contributed by atoms with E-state index in [1.165, 1.54) is 12.8 Å². The van der Waals surface area contributed by atoms with E-state index >= 15 is 0 Å². The van der Waals surface area contributed by atoms with E-state index in [4.69, 9.17) is 11.6 Å². The van der Waals surface area contributed by atoms with Crippen LogP contribution in [0.2, 0.25) is 0 Å². The fourth-order valence-electron chi connectivity index (χ4n) is 2.34. The monoisotopic (exact) mass is 271 g/mol. The molecule has 1 saturated heterocycles. The zero-order chi connectivity index (χ0) is 12.3. The van der Waals surface area contributed by atoms with Crippen molar-refractivity contribution in [3.05, 3.63) is 21.9 Å². The van der Waals surface area contributed by atoms with E-state index in [9.17, 15) is 4.79 Å². The maximum Gasteiger partial charge on any atom is 0.255 e. The number of rotatable bonds is 2. The normalized spacial score (nSPS) is 21.3. The summed E-state index contributed by atoms with van der Waals surface area (Å²) >= 11 is 7.59. The Bertz CT molecular complexity index is 391. The van der Waals surface area contributed by atoms with Gasteiger partial charge in [0.15, 0.2) is 0 Å². The number of alkyl halides is 1. The van der Waals surface area contributed by atoms with Crippen molar-refractivity contribution in [1.82, 2.24) is 4.90 Å². The van der Waals surface area contributed by atoms with Crippen LogP contribution in [-0.2, 0) is 0 Å². The molecule has 1 aliphatic rings. The van der Waals surface area contributed by atoms with Crippen LogP contribution in [-0.4, -0.2) is 29.3 Å². The van der Waals surface area contributed by atoms with Crippen LogP contribution in [0.3, 0.4) is 0 Å². The summed E-state index contributed by atoms with van der Waals surface area (Å²) in [5, 5.41) is 3.98. The summed E-state index contributed by atoms with van der Waals surface area (Å²) in [6, 6.07) is 0.214. The molecule has 2 nitrogen and oxygen atoms in total. The summed E-state index contributed by atoms with van der Waals surface area (Å²) < 4.78 is 0. The van der Waals surface area contributed by atoms with Crippen molar-refractivity contribution in [2.45, 2.75) is 38.6 Å². The lowest BCUT2D eigenvalue weighted by atomic mass is 10.1. The molecule has 1 aromatic rings. The minimum Gasteiger partial charge on any atom is -0.334 e. The fraction of sp³-hybridized carbons (Fsp3) is 0.615. The van der Waals surface area contributed by atoms with Gasteiger partial charge in [-0.15, -0.1) is 11.6 Å². The highest BCUT2D eigenvalue weighted by molar-refractivity contribution is 7.08. The van der Waals surface area contributed by atoms with Crippen LogP contribution >= 0.6 is 22.9 Å². The first kappa shape index (κ1) is 12.9. The van der Waals surface area contributed by atoms with Gasteiger partial charge in [-0.2, -0.15) is 11.3 Å². The lowest BCUT2D eigenvalue weighted by molar-refractivity contribution is 0.0700. The standard InChI is InChI=1S/C13H18ClNOS/c1-10-8-17-9-12(10)13(16)15-6-4-2-3-5-11(15)7-14/h8-9,11H,2-7H2,1H3. The predicted octanol–water partition coefficient (Wildman–Crippen LogP) is 3.68. The third kappa shape index (κ3) is 2.83. The molecular weight excluding hydrogens is 254 g/mol. The molecule has 0 spiro atoms. The van der Waals surface area contributed by atoms with Gasteiger partial charge < -0.3 is 4.90 Å². The van der Waals surface area contributed by atoms with Gasteiger partial charge in [-0.1, -0.05) is 12.8 Å². The van der Waals surface area contributed by atoms with Gasteiger partial charge in [-0.3, -0.25) is 4.79 Å². The highest BCUT2D eigenvalue weighted by Crippen LogP contribution is 2.23. The lowest BCUT2D eigenvalue weighted by Gasteiger charge is -2.28. The molecule has 0 bridgehead atoms. The van der Waals surface area contributed by atoms with Gasteiger partial charge in [0.1, 0.15) is 0 Å². The molecule has 0 radical (unpaired) electrons. The average molecular weight is 272 g/mol. The first-order valence-electron chi connectivity index (χ1n) is 6.13. The number of hydrogen-bond donors (Lipinski definition) is 0. The van der Waals surface area contributed by atoms with Crippen molar-refractivity contribution in [2.24, 2.45) is 0 Å². The second-order valence-electron chi connectivity index (χ2n) is 4.62. The Morgan fingerprint density at radius 1 is 1.47 bits per heavy atom. The van der Waals surface area contributed by atoms with Crippen LogP contribution < -0.4 is 0 Å². The molecule has 0 saturated carbocycles. The van der Waals surface area contributed by atoms with Gasteiger partial charge in [0.25, 0.3) is 5.91 Å². The Balaban J connectivity index is 2.18. The maximum atomic E-state index is 12.5. The molecule has 1 aromatic heterocycles. The lowest BCUT2D eigenvalue weighted by Crippen LogP contribution is -2.41. The highest BCUT2D eigenvalue weighted by atomic mass is 35.5. The quantitative estimate of drug-likeness (QED) is 0.752. The third-order valence-corrected chi connectivity index (χ3v) is 4.62. The number of carbonyl (C=O) groups is 1. The van der Waals surface area contributed by atoms with Crippen molar-refractivity contribution in [1.29, 1.82) is 0 Å². The second-order valence-corrected chi connectivity index (χ2v) is 5.68. The van der Waals surface area contributed by atoms with Gasteiger partial charge in [0.05, 0.1) is 5.56 Å². The van der Waals surface area contributed by atoms with Gasteiger partial charge in [0, 0.05) is 23.8 Å². The Kier molecular flexibility index (Phi) is 4.46. The van der Waals surface area contributed by atoms with Crippen molar-refractivity contribution in [2.75, 3.05) is 12.4 Å². The molecule has 0 N–H and O–H groups in total. The molecule has 1 amide bonds. The molecule has 4 heteroatoms. The Labute approximate surface area is 112 Å². The summed E-state index contributed by atoms with van der Waals surface area (Å²) in [6.07, 6.45) is 4.53. The van der Waals surface area contributed by atoms with Crippen molar-refractivity contribution in [3.8, 4) is 0 Å². The van der Waals surface area contributed by atoms with E-state index in [2.05, 4.69) is 0 Å². The number of aryl methyl sites for hydroxylation is 1. The number of hydrogen-bond acceptors (Lipinski definition) is 2. The third-order valence-electron chi connectivity index (χ3n) is 3.40. The number of amides is 1. The first-order chi connectivity index (χ1) is 8.24. The van der Waals surface area contributed by atoms with E-state index in [-0.39, 0.29) is 11.9 Å².